The minimum absolute atomic E-state index is 0.163. The number of rotatable bonds is 7. The number of nitrogens with one attached hydrogen (secondary N) is 1. The summed E-state index contributed by atoms with van der Waals surface area (Å²) in [5, 5.41) is 0.930. The predicted molar refractivity (Wildman–Crippen MR) is 147 cm³/mol. The number of aromatic amines is 1. The van der Waals surface area contributed by atoms with Crippen molar-refractivity contribution in [1.82, 2.24) is 9.88 Å². The number of nitrogens with zero attached hydrogens (tertiary/aromatic N) is 2. The van der Waals surface area contributed by atoms with Crippen LogP contribution >= 0.6 is 0 Å². The van der Waals surface area contributed by atoms with Crippen molar-refractivity contribution in [3.63, 3.8) is 0 Å². The summed E-state index contributed by atoms with van der Waals surface area (Å²) in [5.41, 5.74) is 1.46. The maximum Gasteiger partial charge on any atom is 0.332 e. The number of benzene rings is 3. The molecule has 3 aromatic carbocycles. The van der Waals surface area contributed by atoms with E-state index >= 15 is 0 Å². The molecule has 2 aliphatic heterocycles. The summed E-state index contributed by atoms with van der Waals surface area (Å²) in [5.74, 6) is -1.47. The third kappa shape index (κ3) is 3.75. The number of carbonyl (C=O) groups excluding carboxylic acids is 2. The lowest BCUT2D eigenvalue weighted by atomic mass is 9.78. The van der Waals surface area contributed by atoms with Crippen LogP contribution in [0.1, 0.15) is 49.9 Å². The van der Waals surface area contributed by atoms with E-state index in [0.717, 1.165) is 45.5 Å². The Morgan fingerprint density at radius 1 is 1.00 bits per heavy atom. The van der Waals surface area contributed by atoms with Gasteiger partial charge >= 0.3 is 6.03 Å². The Labute approximate surface area is 230 Å². The van der Waals surface area contributed by atoms with E-state index in [2.05, 4.69) is 4.98 Å². The fourth-order valence-electron chi connectivity index (χ4n) is 5.91. The first-order valence-electron chi connectivity index (χ1n) is 13.4. The average molecular weight is 546 g/mol. The number of ether oxygens (including phenoxy) is 2. The van der Waals surface area contributed by atoms with Gasteiger partial charge in [-0.3, -0.25) is 4.79 Å². The highest BCUT2D eigenvalue weighted by Crippen LogP contribution is 2.51. The molecule has 0 bridgehead atoms. The van der Waals surface area contributed by atoms with Gasteiger partial charge in [-0.1, -0.05) is 31.2 Å². The van der Waals surface area contributed by atoms with Gasteiger partial charge in [-0.15, -0.1) is 0 Å². The summed E-state index contributed by atoms with van der Waals surface area (Å²) >= 11 is 0. The molecule has 0 unspecified atom stereocenters. The van der Waals surface area contributed by atoms with Crippen LogP contribution in [-0.4, -0.2) is 41.6 Å². The van der Waals surface area contributed by atoms with Crippen LogP contribution in [0.2, 0.25) is 0 Å². The maximum atomic E-state index is 14.9. The molecule has 4 aromatic rings. The molecule has 0 saturated carbocycles. The molecule has 0 spiro atoms. The number of imide groups is 1. The van der Waals surface area contributed by atoms with Crippen molar-refractivity contribution >= 4 is 28.5 Å². The molecular weight excluding hydrogens is 516 g/mol. The van der Waals surface area contributed by atoms with Crippen LogP contribution in [-0.2, 0) is 10.3 Å². The Balaban J connectivity index is 1.52. The lowest BCUT2D eigenvalue weighted by Crippen LogP contribution is -2.50. The molecule has 40 heavy (non-hydrogen) atoms. The Bertz CT molecular complexity index is 1650. The third-order valence-electron chi connectivity index (χ3n) is 7.81. The van der Waals surface area contributed by atoms with Crippen LogP contribution in [0.5, 0.6) is 11.5 Å². The number of hydrogen-bond acceptors (Lipinski definition) is 4. The molecule has 2 aliphatic rings. The fraction of sp³-hybridized carbons (Fsp3) is 0.290. The van der Waals surface area contributed by atoms with Crippen LogP contribution < -0.4 is 14.4 Å². The third-order valence-corrected chi connectivity index (χ3v) is 7.81. The van der Waals surface area contributed by atoms with Crippen LogP contribution in [0.3, 0.4) is 0 Å². The molecule has 7 nitrogen and oxygen atoms in total. The van der Waals surface area contributed by atoms with E-state index < -0.39 is 29.1 Å². The van der Waals surface area contributed by atoms with Gasteiger partial charge in [0, 0.05) is 29.4 Å². The van der Waals surface area contributed by atoms with Crippen molar-refractivity contribution in [2.45, 2.75) is 38.6 Å². The summed E-state index contributed by atoms with van der Waals surface area (Å²) in [6.45, 7) is 6.76. The van der Waals surface area contributed by atoms with Crippen molar-refractivity contribution in [3.05, 3.63) is 89.1 Å². The molecular formula is C31H29F2N3O4. The Morgan fingerprint density at radius 3 is 2.55 bits per heavy atom. The molecule has 9 heteroatoms. The first-order valence-corrected chi connectivity index (χ1v) is 13.4. The molecule has 1 fully saturated rings. The second kappa shape index (κ2) is 9.66. The van der Waals surface area contributed by atoms with Crippen molar-refractivity contribution in [2.24, 2.45) is 0 Å². The number of H-pyrrole nitrogens is 1. The summed E-state index contributed by atoms with van der Waals surface area (Å²) < 4.78 is 40.3. The highest BCUT2D eigenvalue weighted by atomic mass is 19.1. The lowest BCUT2D eigenvalue weighted by molar-refractivity contribution is -0.125. The van der Waals surface area contributed by atoms with Crippen LogP contribution in [0.25, 0.3) is 10.9 Å². The molecule has 3 heterocycles. The van der Waals surface area contributed by atoms with E-state index in [1.807, 2.05) is 56.3 Å². The predicted octanol–water partition coefficient (Wildman–Crippen LogP) is 6.46. The van der Waals surface area contributed by atoms with Gasteiger partial charge in [0.2, 0.25) is 0 Å². The number of amides is 3. The zero-order valence-electron chi connectivity index (χ0n) is 22.5. The standard InChI is InChI=1S/C31H29F2N3O4/c1-4-14-40-25-13-10-18(15-26(25)39-5-2)21-17-35-30(38)36(24-12-11-19(32)16-22(24)33)29(37)31(35,3)28-27(21)20-8-6-7-9-23(20)34-28/h6-13,15-16,21,34H,4-5,14,17H2,1-3H3/t21-,31+/m1/s1. The first-order chi connectivity index (χ1) is 19.3. The summed E-state index contributed by atoms with van der Waals surface area (Å²) in [6, 6.07) is 15.6. The van der Waals surface area contributed by atoms with Crippen molar-refractivity contribution < 1.29 is 27.8 Å². The highest BCUT2D eigenvalue weighted by molar-refractivity contribution is 6.23. The van der Waals surface area contributed by atoms with Gasteiger partial charge < -0.3 is 19.4 Å². The molecule has 2 atom stereocenters. The smallest absolute Gasteiger partial charge is 0.332 e. The number of urea groups is 1. The summed E-state index contributed by atoms with van der Waals surface area (Å²) in [6.07, 6.45) is 0.851. The van der Waals surface area contributed by atoms with Gasteiger partial charge in [0.05, 0.1) is 24.6 Å². The van der Waals surface area contributed by atoms with E-state index in [-0.39, 0.29) is 18.2 Å². The van der Waals surface area contributed by atoms with Crippen LogP contribution in [0.15, 0.2) is 60.7 Å². The van der Waals surface area contributed by atoms with Gasteiger partial charge in [-0.2, -0.15) is 0 Å². The number of hydrogen-bond donors (Lipinski definition) is 1. The van der Waals surface area contributed by atoms with Crippen molar-refractivity contribution in [1.29, 1.82) is 0 Å². The van der Waals surface area contributed by atoms with Gasteiger partial charge in [-0.05, 0) is 61.7 Å². The van der Waals surface area contributed by atoms with E-state index in [4.69, 9.17) is 9.47 Å². The molecule has 3 amide bonds. The second-order valence-electron chi connectivity index (χ2n) is 10.2. The quantitative estimate of drug-likeness (QED) is 0.271. The largest absolute Gasteiger partial charge is 0.490 e. The Kier molecular flexibility index (Phi) is 6.24. The summed E-state index contributed by atoms with van der Waals surface area (Å²) in [7, 11) is 0. The number of fused-ring (bicyclic) bond motifs is 5. The zero-order chi connectivity index (χ0) is 28.2. The number of aromatic nitrogens is 1. The van der Waals surface area contributed by atoms with Crippen LogP contribution in [0, 0.1) is 11.6 Å². The van der Waals surface area contributed by atoms with Crippen LogP contribution in [0.4, 0.5) is 19.3 Å². The van der Waals surface area contributed by atoms with E-state index in [1.165, 1.54) is 4.90 Å². The van der Waals surface area contributed by atoms with E-state index in [9.17, 15) is 18.4 Å². The molecule has 206 valence electrons. The SMILES string of the molecule is CCCOc1ccc([C@H]2CN3C(=O)N(c4ccc(F)cc4F)C(=O)[C@]3(C)c3[nH]c4ccccc4c32)cc1OCC. The Hall–Kier alpha value is -4.40. The maximum absolute atomic E-state index is 14.9. The minimum atomic E-state index is -1.42. The van der Waals surface area contributed by atoms with Gasteiger partial charge in [0.25, 0.3) is 5.91 Å². The number of para-hydroxylation sites is 1. The monoisotopic (exact) mass is 545 g/mol. The molecule has 1 N–H and O–H groups in total. The zero-order valence-corrected chi connectivity index (χ0v) is 22.5. The van der Waals surface area contributed by atoms with Gasteiger partial charge in [0.15, 0.2) is 17.0 Å². The number of carbonyl (C=O) groups is 2. The van der Waals surface area contributed by atoms with Crippen molar-refractivity contribution in [2.75, 3.05) is 24.7 Å². The van der Waals surface area contributed by atoms with E-state index in [0.29, 0.717) is 36.5 Å². The number of halogens is 2. The topological polar surface area (TPSA) is 74.9 Å². The molecule has 0 radical (unpaired) electrons. The normalized spacial score (nSPS) is 20.2. The average Bonchev–Trinajstić information content (AvgIpc) is 3.42. The van der Waals surface area contributed by atoms with E-state index in [1.54, 1.807) is 6.92 Å². The summed E-state index contributed by atoms with van der Waals surface area (Å²) in [4.78, 5) is 33.6. The molecule has 0 aliphatic carbocycles. The fourth-order valence-corrected chi connectivity index (χ4v) is 5.91. The second-order valence-corrected chi connectivity index (χ2v) is 10.2. The first kappa shape index (κ1) is 25.9. The van der Waals surface area contributed by atoms with Gasteiger partial charge in [0.1, 0.15) is 11.6 Å². The lowest BCUT2D eigenvalue weighted by Gasteiger charge is -2.40. The van der Waals surface area contributed by atoms with Gasteiger partial charge in [-0.25, -0.2) is 18.5 Å². The number of anilines is 1. The molecule has 1 saturated heterocycles. The molecule has 1 aromatic heterocycles. The van der Waals surface area contributed by atoms with Crippen molar-refractivity contribution in [3.8, 4) is 11.5 Å². The minimum Gasteiger partial charge on any atom is -0.490 e. The highest BCUT2D eigenvalue weighted by Gasteiger charge is 2.61. The molecule has 6 rings (SSSR count). The Morgan fingerprint density at radius 2 is 1.80 bits per heavy atom.